The van der Waals surface area contributed by atoms with Gasteiger partial charge in [-0.25, -0.2) is 9.37 Å². The van der Waals surface area contributed by atoms with E-state index in [9.17, 15) is 4.39 Å². The van der Waals surface area contributed by atoms with Gasteiger partial charge in [0.25, 0.3) is 0 Å². The maximum atomic E-state index is 12.8. The van der Waals surface area contributed by atoms with Gasteiger partial charge in [-0.2, -0.15) is 5.10 Å². The summed E-state index contributed by atoms with van der Waals surface area (Å²) in [6.45, 7) is 3.07. The van der Waals surface area contributed by atoms with E-state index in [1.165, 1.54) is 12.1 Å². The maximum Gasteiger partial charge on any atom is 0.143 e. The SMILES string of the molecule is Cc1csc(-c2ccn(CCOc3ccc(F)cc3)n2)n1. The van der Waals surface area contributed by atoms with Gasteiger partial charge in [-0.05, 0) is 37.3 Å². The standard InChI is InChI=1S/C15H14FN3OS/c1-11-10-21-15(17-11)14-6-7-19(18-14)8-9-20-13-4-2-12(16)3-5-13/h2-7,10H,8-9H2,1H3. The van der Waals surface area contributed by atoms with Crippen molar-refractivity contribution in [3.05, 3.63) is 53.4 Å². The van der Waals surface area contributed by atoms with Crippen LogP contribution in [-0.4, -0.2) is 21.4 Å². The van der Waals surface area contributed by atoms with Crippen molar-refractivity contribution in [2.75, 3.05) is 6.61 Å². The molecule has 0 saturated carbocycles. The summed E-state index contributed by atoms with van der Waals surface area (Å²) in [4.78, 5) is 4.41. The van der Waals surface area contributed by atoms with E-state index in [0.717, 1.165) is 16.4 Å². The van der Waals surface area contributed by atoms with Crippen LogP contribution < -0.4 is 4.74 Å². The van der Waals surface area contributed by atoms with Crippen molar-refractivity contribution in [1.82, 2.24) is 14.8 Å². The van der Waals surface area contributed by atoms with Gasteiger partial charge in [-0.1, -0.05) is 0 Å². The van der Waals surface area contributed by atoms with Gasteiger partial charge in [0.1, 0.15) is 28.9 Å². The highest BCUT2D eigenvalue weighted by Gasteiger charge is 2.06. The molecule has 0 N–H and O–H groups in total. The molecule has 0 saturated heterocycles. The first-order chi connectivity index (χ1) is 10.2. The van der Waals surface area contributed by atoms with E-state index in [1.807, 2.05) is 29.2 Å². The number of aromatic nitrogens is 3. The van der Waals surface area contributed by atoms with Crippen molar-refractivity contribution >= 4 is 11.3 Å². The van der Waals surface area contributed by atoms with Crippen LogP contribution in [0.4, 0.5) is 4.39 Å². The first-order valence-corrected chi connectivity index (χ1v) is 7.43. The molecule has 0 unspecified atom stereocenters. The molecule has 0 spiro atoms. The van der Waals surface area contributed by atoms with Crippen LogP contribution in [0.25, 0.3) is 10.7 Å². The Morgan fingerprint density at radius 3 is 2.76 bits per heavy atom. The lowest BCUT2D eigenvalue weighted by atomic mass is 10.3. The largest absolute Gasteiger partial charge is 0.492 e. The zero-order valence-corrected chi connectivity index (χ0v) is 12.3. The van der Waals surface area contributed by atoms with Gasteiger partial charge in [0.15, 0.2) is 0 Å². The molecule has 0 fully saturated rings. The molecule has 0 atom stereocenters. The topological polar surface area (TPSA) is 39.9 Å². The van der Waals surface area contributed by atoms with E-state index in [1.54, 1.807) is 23.5 Å². The molecule has 0 aliphatic carbocycles. The zero-order valence-electron chi connectivity index (χ0n) is 11.5. The molecule has 108 valence electrons. The number of benzene rings is 1. The van der Waals surface area contributed by atoms with Gasteiger partial charge >= 0.3 is 0 Å². The minimum absolute atomic E-state index is 0.266. The smallest absolute Gasteiger partial charge is 0.143 e. The molecule has 3 rings (SSSR count). The predicted octanol–water partition coefficient (Wildman–Crippen LogP) is 3.53. The molecular weight excluding hydrogens is 289 g/mol. The normalized spacial score (nSPS) is 10.8. The molecule has 1 aromatic carbocycles. The van der Waals surface area contributed by atoms with Crippen LogP contribution >= 0.6 is 11.3 Å². The summed E-state index contributed by atoms with van der Waals surface area (Å²) in [6, 6.07) is 7.93. The lowest BCUT2D eigenvalue weighted by molar-refractivity contribution is 0.291. The summed E-state index contributed by atoms with van der Waals surface area (Å²) in [5.41, 5.74) is 1.87. The molecule has 4 nitrogen and oxygen atoms in total. The van der Waals surface area contributed by atoms with E-state index in [-0.39, 0.29) is 5.82 Å². The summed E-state index contributed by atoms with van der Waals surface area (Å²) in [5.74, 6) is 0.386. The first kappa shape index (κ1) is 13.8. The van der Waals surface area contributed by atoms with Gasteiger partial charge in [-0.3, -0.25) is 4.68 Å². The van der Waals surface area contributed by atoms with Crippen molar-refractivity contribution in [2.24, 2.45) is 0 Å². The molecular formula is C15H14FN3OS. The van der Waals surface area contributed by atoms with Crippen LogP contribution in [0.5, 0.6) is 5.75 Å². The Hall–Kier alpha value is -2.21. The maximum absolute atomic E-state index is 12.8. The fourth-order valence-corrected chi connectivity index (χ4v) is 2.62. The molecule has 0 aliphatic rings. The monoisotopic (exact) mass is 303 g/mol. The van der Waals surface area contributed by atoms with Crippen molar-refractivity contribution < 1.29 is 9.13 Å². The number of halogens is 1. The van der Waals surface area contributed by atoms with Gasteiger partial charge in [0, 0.05) is 17.3 Å². The highest BCUT2D eigenvalue weighted by molar-refractivity contribution is 7.13. The summed E-state index contributed by atoms with van der Waals surface area (Å²) in [6.07, 6.45) is 1.90. The predicted molar refractivity (Wildman–Crippen MR) is 80.0 cm³/mol. The highest BCUT2D eigenvalue weighted by Crippen LogP contribution is 2.21. The Morgan fingerprint density at radius 2 is 2.05 bits per heavy atom. The molecule has 0 amide bonds. The third kappa shape index (κ3) is 3.46. The summed E-state index contributed by atoms with van der Waals surface area (Å²) >= 11 is 1.58. The van der Waals surface area contributed by atoms with Gasteiger partial charge in [0.2, 0.25) is 0 Å². The van der Waals surface area contributed by atoms with Crippen LogP contribution in [-0.2, 0) is 6.54 Å². The summed E-state index contributed by atoms with van der Waals surface area (Å²) in [5, 5.41) is 7.39. The van der Waals surface area contributed by atoms with Crippen molar-refractivity contribution in [2.45, 2.75) is 13.5 Å². The Balaban J connectivity index is 1.56. The fraction of sp³-hybridized carbons (Fsp3) is 0.200. The van der Waals surface area contributed by atoms with E-state index in [4.69, 9.17) is 4.74 Å². The third-order valence-corrected chi connectivity index (χ3v) is 3.86. The molecule has 0 aliphatic heterocycles. The second-order valence-electron chi connectivity index (χ2n) is 4.56. The highest BCUT2D eigenvalue weighted by atomic mass is 32.1. The van der Waals surface area contributed by atoms with Crippen LogP contribution in [0.2, 0.25) is 0 Å². The van der Waals surface area contributed by atoms with E-state index < -0.39 is 0 Å². The lowest BCUT2D eigenvalue weighted by Crippen LogP contribution is -2.08. The number of aryl methyl sites for hydroxylation is 1. The number of nitrogens with zero attached hydrogens (tertiary/aromatic N) is 3. The molecule has 2 heterocycles. The van der Waals surface area contributed by atoms with Crippen LogP contribution in [0.15, 0.2) is 41.9 Å². The van der Waals surface area contributed by atoms with Crippen molar-refractivity contribution in [3.63, 3.8) is 0 Å². The van der Waals surface area contributed by atoms with Crippen LogP contribution in [0, 0.1) is 12.7 Å². The number of rotatable bonds is 5. The first-order valence-electron chi connectivity index (χ1n) is 6.55. The molecule has 3 aromatic rings. The number of thiazole rings is 1. The number of hydrogen-bond acceptors (Lipinski definition) is 4. The van der Waals surface area contributed by atoms with Crippen molar-refractivity contribution in [3.8, 4) is 16.5 Å². The van der Waals surface area contributed by atoms with Gasteiger partial charge < -0.3 is 4.74 Å². The Kier molecular flexibility index (Phi) is 3.96. The van der Waals surface area contributed by atoms with Crippen LogP contribution in [0.1, 0.15) is 5.69 Å². The van der Waals surface area contributed by atoms with E-state index in [2.05, 4.69) is 10.1 Å². The van der Waals surface area contributed by atoms with Gasteiger partial charge in [0.05, 0.1) is 6.54 Å². The molecule has 0 radical (unpaired) electrons. The second-order valence-corrected chi connectivity index (χ2v) is 5.42. The zero-order chi connectivity index (χ0) is 14.7. The Labute approximate surface area is 125 Å². The molecule has 2 aromatic heterocycles. The van der Waals surface area contributed by atoms with E-state index >= 15 is 0 Å². The average molecular weight is 303 g/mol. The van der Waals surface area contributed by atoms with E-state index in [0.29, 0.717) is 18.9 Å². The Morgan fingerprint density at radius 1 is 1.24 bits per heavy atom. The second kappa shape index (κ2) is 6.05. The fourth-order valence-electron chi connectivity index (χ4n) is 1.86. The molecule has 0 bridgehead atoms. The molecule has 6 heteroatoms. The summed E-state index contributed by atoms with van der Waals surface area (Å²) < 4.78 is 20.1. The third-order valence-electron chi connectivity index (χ3n) is 2.88. The minimum atomic E-state index is -0.266. The number of ether oxygens (including phenoxy) is 1. The lowest BCUT2D eigenvalue weighted by Gasteiger charge is -2.05. The Bertz CT molecular complexity index is 721. The summed E-state index contributed by atoms with van der Waals surface area (Å²) in [7, 11) is 0. The minimum Gasteiger partial charge on any atom is -0.492 e. The quantitative estimate of drug-likeness (QED) is 0.724. The average Bonchev–Trinajstić information content (AvgIpc) is 3.10. The number of hydrogen-bond donors (Lipinski definition) is 0. The molecule has 21 heavy (non-hydrogen) atoms. The van der Waals surface area contributed by atoms with Crippen molar-refractivity contribution in [1.29, 1.82) is 0 Å². The van der Waals surface area contributed by atoms with Gasteiger partial charge in [-0.15, -0.1) is 11.3 Å². The van der Waals surface area contributed by atoms with Crippen LogP contribution in [0.3, 0.4) is 0 Å².